The summed E-state index contributed by atoms with van der Waals surface area (Å²) in [6.45, 7) is 2.14. The predicted molar refractivity (Wildman–Crippen MR) is 94.9 cm³/mol. The molecule has 3 nitrogen and oxygen atoms in total. The number of nitrogens with one attached hydrogen (secondary N) is 1. The van der Waals surface area contributed by atoms with E-state index in [0.29, 0.717) is 0 Å². The molecule has 0 aliphatic carbocycles. The maximum Gasteiger partial charge on any atom is 0.0624 e. The Bertz CT molecular complexity index is 595. The molecule has 1 N–H and O–H groups in total. The zero-order valence-corrected chi connectivity index (χ0v) is 15.7. The van der Waals surface area contributed by atoms with Crippen LogP contribution in [-0.2, 0) is 19.9 Å². The molecule has 0 aliphatic rings. The second-order valence-electron chi connectivity index (χ2n) is 4.82. The molecule has 5 heteroatoms. The lowest BCUT2D eigenvalue weighted by molar-refractivity contribution is 0.559. The van der Waals surface area contributed by atoms with Gasteiger partial charge in [-0.15, -0.1) is 0 Å². The Labute approximate surface area is 142 Å². The van der Waals surface area contributed by atoms with Crippen molar-refractivity contribution in [2.75, 3.05) is 7.05 Å². The summed E-state index contributed by atoms with van der Waals surface area (Å²) in [5, 5.41) is 7.94. The van der Waals surface area contributed by atoms with Crippen LogP contribution in [0.25, 0.3) is 0 Å². The largest absolute Gasteiger partial charge is 0.313 e. The minimum absolute atomic E-state index is 0.277. The third-order valence-corrected chi connectivity index (χ3v) is 4.88. The summed E-state index contributed by atoms with van der Waals surface area (Å²) in [4.78, 5) is 0. The van der Waals surface area contributed by atoms with Gasteiger partial charge in [0.05, 0.1) is 5.69 Å². The van der Waals surface area contributed by atoms with Gasteiger partial charge in [-0.3, -0.25) is 4.68 Å². The van der Waals surface area contributed by atoms with Crippen LogP contribution in [0, 0.1) is 3.57 Å². The molecule has 1 aromatic heterocycles. The van der Waals surface area contributed by atoms with Crippen LogP contribution in [0.15, 0.2) is 28.7 Å². The SMILES string of the molecule is CCc1cc(CC(NC)c2cc(I)ccc2Br)n(C)n1. The van der Waals surface area contributed by atoms with Gasteiger partial charge in [0.1, 0.15) is 0 Å². The topological polar surface area (TPSA) is 29.9 Å². The molecule has 108 valence electrons. The minimum atomic E-state index is 0.277. The molecule has 0 radical (unpaired) electrons. The van der Waals surface area contributed by atoms with Crippen LogP contribution >= 0.6 is 38.5 Å². The van der Waals surface area contributed by atoms with Gasteiger partial charge in [0.2, 0.25) is 0 Å². The fourth-order valence-electron chi connectivity index (χ4n) is 2.29. The van der Waals surface area contributed by atoms with E-state index in [1.54, 1.807) is 0 Å². The Balaban J connectivity index is 2.28. The van der Waals surface area contributed by atoms with E-state index >= 15 is 0 Å². The van der Waals surface area contributed by atoms with E-state index in [1.807, 2.05) is 18.8 Å². The number of aryl methyl sites for hydroxylation is 2. The Morgan fingerprint density at radius 1 is 1.40 bits per heavy atom. The highest BCUT2D eigenvalue weighted by molar-refractivity contribution is 14.1. The molecule has 0 spiro atoms. The molecule has 2 rings (SSSR count). The number of rotatable bonds is 5. The smallest absolute Gasteiger partial charge is 0.0624 e. The lowest BCUT2D eigenvalue weighted by Crippen LogP contribution is -2.20. The maximum atomic E-state index is 4.53. The quantitative estimate of drug-likeness (QED) is 0.705. The molecule has 1 unspecified atom stereocenters. The molecule has 0 saturated carbocycles. The number of halogens is 2. The standard InChI is InChI=1S/C15H19BrIN3/c1-4-11-8-12(20(3)19-11)9-15(18-2)13-7-10(17)5-6-14(13)16/h5-8,15,18H,4,9H2,1-3H3. The predicted octanol–water partition coefficient (Wildman–Crippen LogP) is 3.85. The van der Waals surface area contributed by atoms with Gasteiger partial charge in [-0.2, -0.15) is 5.10 Å². The van der Waals surface area contributed by atoms with Gasteiger partial charge in [0, 0.05) is 33.2 Å². The van der Waals surface area contributed by atoms with Gasteiger partial charge in [0.25, 0.3) is 0 Å². The summed E-state index contributed by atoms with van der Waals surface area (Å²) in [7, 11) is 4.03. The summed E-state index contributed by atoms with van der Waals surface area (Å²) < 4.78 is 4.39. The van der Waals surface area contributed by atoms with Crippen LogP contribution < -0.4 is 5.32 Å². The highest BCUT2D eigenvalue weighted by Gasteiger charge is 2.16. The van der Waals surface area contributed by atoms with Gasteiger partial charge in [0.15, 0.2) is 0 Å². The van der Waals surface area contributed by atoms with Crippen LogP contribution in [0.5, 0.6) is 0 Å². The number of likely N-dealkylation sites (N-methyl/N-ethyl adjacent to an activating group) is 1. The van der Waals surface area contributed by atoms with Gasteiger partial charge >= 0.3 is 0 Å². The lowest BCUT2D eigenvalue weighted by atomic mass is 10.0. The van der Waals surface area contributed by atoms with Gasteiger partial charge in [-0.05, 0) is 65.9 Å². The highest BCUT2D eigenvalue weighted by atomic mass is 127. The fourth-order valence-corrected chi connectivity index (χ4v) is 3.33. The molecule has 1 atom stereocenters. The van der Waals surface area contributed by atoms with Gasteiger partial charge in [-0.1, -0.05) is 22.9 Å². The van der Waals surface area contributed by atoms with Crippen molar-refractivity contribution in [3.05, 3.63) is 49.3 Å². The van der Waals surface area contributed by atoms with Crippen molar-refractivity contribution in [2.45, 2.75) is 25.8 Å². The summed E-state index contributed by atoms with van der Waals surface area (Å²) >= 11 is 6.01. The van der Waals surface area contributed by atoms with E-state index < -0.39 is 0 Å². The molecule has 0 bridgehead atoms. The zero-order valence-electron chi connectivity index (χ0n) is 12.0. The minimum Gasteiger partial charge on any atom is -0.313 e. The maximum absolute atomic E-state index is 4.53. The first-order valence-corrected chi connectivity index (χ1v) is 8.56. The Kier molecular flexibility index (Phi) is 5.63. The Morgan fingerprint density at radius 3 is 2.75 bits per heavy atom. The van der Waals surface area contributed by atoms with Crippen LogP contribution in [0.1, 0.15) is 29.9 Å². The van der Waals surface area contributed by atoms with E-state index in [0.717, 1.165) is 23.0 Å². The van der Waals surface area contributed by atoms with Crippen molar-refractivity contribution in [1.82, 2.24) is 15.1 Å². The molecule has 0 aliphatic heterocycles. The Morgan fingerprint density at radius 2 is 2.15 bits per heavy atom. The third-order valence-electron chi connectivity index (χ3n) is 3.48. The summed E-state index contributed by atoms with van der Waals surface area (Å²) in [5.41, 5.74) is 3.70. The second kappa shape index (κ2) is 7.04. The van der Waals surface area contributed by atoms with Gasteiger partial charge < -0.3 is 5.32 Å². The third kappa shape index (κ3) is 3.62. The van der Waals surface area contributed by atoms with Crippen molar-refractivity contribution in [3.63, 3.8) is 0 Å². The van der Waals surface area contributed by atoms with Crippen LogP contribution in [-0.4, -0.2) is 16.8 Å². The summed E-state index contributed by atoms with van der Waals surface area (Å²) in [5.74, 6) is 0. The second-order valence-corrected chi connectivity index (χ2v) is 6.92. The van der Waals surface area contributed by atoms with Gasteiger partial charge in [-0.25, -0.2) is 0 Å². The van der Waals surface area contributed by atoms with E-state index in [1.165, 1.54) is 14.8 Å². The van der Waals surface area contributed by atoms with Crippen molar-refractivity contribution in [1.29, 1.82) is 0 Å². The fraction of sp³-hybridized carbons (Fsp3) is 0.400. The van der Waals surface area contributed by atoms with E-state index in [-0.39, 0.29) is 6.04 Å². The molecule has 2 aromatic rings. The molecule has 20 heavy (non-hydrogen) atoms. The average molecular weight is 448 g/mol. The lowest BCUT2D eigenvalue weighted by Gasteiger charge is -2.18. The molecule has 0 fully saturated rings. The van der Waals surface area contributed by atoms with E-state index in [9.17, 15) is 0 Å². The highest BCUT2D eigenvalue weighted by Crippen LogP contribution is 2.27. The molecular weight excluding hydrogens is 429 g/mol. The molecule has 1 heterocycles. The van der Waals surface area contributed by atoms with E-state index in [2.05, 4.69) is 80.1 Å². The first-order chi connectivity index (χ1) is 9.55. The molecule has 0 saturated heterocycles. The van der Waals surface area contributed by atoms with E-state index in [4.69, 9.17) is 0 Å². The molecule has 1 aromatic carbocycles. The van der Waals surface area contributed by atoms with Crippen LogP contribution in [0.4, 0.5) is 0 Å². The summed E-state index contributed by atoms with van der Waals surface area (Å²) in [6.07, 6.45) is 1.91. The monoisotopic (exact) mass is 447 g/mol. The Hall–Kier alpha value is -0.400. The first kappa shape index (κ1) is 16.0. The number of nitrogens with zero attached hydrogens (tertiary/aromatic N) is 2. The summed E-state index contributed by atoms with van der Waals surface area (Å²) in [6, 6.07) is 8.93. The number of hydrogen-bond acceptors (Lipinski definition) is 2. The average Bonchev–Trinajstić information content (AvgIpc) is 2.79. The number of hydrogen-bond donors (Lipinski definition) is 1. The molecule has 0 amide bonds. The van der Waals surface area contributed by atoms with Crippen molar-refractivity contribution < 1.29 is 0 Å². The molecular formula is C15H19BrIN3. The van der Waals surface area contributed by atoms with Crippen LogP contribution in [0.2, 0.25) is 0 Å². The zero-order chi connectivity index (χ0) is 14.7. The van der Waals surface area contributed by atoms with Crippen molar-refractivity contribution in [2.24, 2.45) is 7.05 Å². The number of benzene rings is 1. The first-order valence-electron chi connectivity index (χ1n) is 6.69. The normalized spacial score (nSPS) is 12.7. The number of aromatic nitrogens is 2. The van der Waals surface area contributed by atoms with Crippen LogP contribution in [0.3, 0.4) is 0 Å². The van der Waals surface area contributed by atoms with Crippen molar-refractivity contribution >= 4 is 38.5 Å². The van der Waals surface area contributed by atoms with Crippen molar-refractivity contribution in [3.8, 4) is 0 Å².